The first kappa shape index (κ1) is 81.5. The van der Waals surface area contributed by atoms with Crippen LogP contribution in [0.15, 0.2) is 72.9 Å². The molecular weight excluding hydrogens is 1060 g/mol. The highest BCUT2D eigenvalue weighted by Crippen LogP contribution is 2.43. The minimum atomic E-state index is -4.40. The molecule has 0 fully saturated rings. The van der Waals surface area contributed by atoms with Crippen molar-refractivity contribution in [3.8, 4) is 0 Å². The summed E-state index contributed by atoms with van der Waals surface area (Å²) in [5, 5.41) is 0. The van der Waals surface area contributed by atoms with E-state index in [0.717, 1.165) is 89.9 Å². The highest BCUT2D eigenvalue weighted by Gasteiger charge is 2.27. The van der Waals surface area contributed by atoms with Gasteiger partial charge in [0.05, 0.1) is 27.7 Å². The quantitative estimate of drug-likeness (QED) is 0.0211. The van der Waals surface area contributed by atoms with Gasteiger partial charge in [-0.2, -0.15) is 0 Å². The van der Waals surface area contributed by atoms with E-state index in [2.05, 4.69) is 86.8 Å². The Hall–Kier alpha value is -2.55. The first-order valence-electron chi connectivity index (χ1n) is 35.7. The molecule has 0 heterocycles. The zero-order chi connectivity index (χ0) is 61.2. The number of likely N-dealkylation sites (N-methyl/N-ethyl adjacent to an activating group) is 1. The van der Waals surface area contributed by atoms with Gasteiger partial charge in [-0.1, -0.05) is 311 Å². The Bertz CT molecular complexity index is 1650. The summed E-state index contributed by atoms with van der Waals surface area (Å²) in [5.41, 5.74) is 0. The normalized spacial score (nSPS) is 13.5. The zero-order valence-corrected chi connectivity index (χ0v) is 56.8. The monoisotopic (exact) mass is 1200 g/mol. The maximum absolute atomic E-state index is 12.8. The molecule has 0 aliphatic heterocycles. The van der Waals surface area contributed by atoms with Crippen LogP contribution in [0.2, 0.25) is 0 Å². The topological polar surface area (TPSA) is 108 Å². The number of ether oxygens (including phenoxy) is 2. The van der Waals surface area contributed by atoms with E-state index in [1.807, 2.05) is 21.1 Å². The van der Waals surface area contributed by atoms with E-state index in [1.54, 1.807) is 0 Å². The molecule has 0 radical (unpaired) electrons. The highest BCUT2D eigenvalue weighted by atomic mass is 31.2. The molecule has 0 aromatic heterocycles. The molecule has 0 aliphatic rings. The third kappa shape index (κ3) is 68.6. The SMILES string of the molecule is CC/C=C\C/C=C\C/C=C\C/C=C\CCCCCCCCC(=O)OC(COC(=O)CCCCCCCCCCCCCCCCCCCCCCCCCCCCCCC/C=C\C/C=C\CCCCCCC)COP(=O)(O)OCC[N+](C)(C)C. The van der Waals surface area contributed by atoms with Gasteiger partial charge in [0, 0.05) is 12.8 Å². The summed E-state index contributed by atoms with van der Waals surface area (Å²) in [6.07, 6.45) is 87.5. The molecule has 0 saturated carbocycles. The Balaban J connectivity index is 3.88. The van der Waals surface area contributed by atoms with Gasteiger partial charge >= 0.3 is 19.8 Å². The molecule has 10 heteroatoms. The Kier molecular flexibility index (Phi) is 62.9. The Morgan fingerprint density at radius 1 is 0.381 bits per heavy atom. The predicted molar refractivity (Wildman–Crippen MR) is 363 cm³/mol. The van der Waals surface area contributed by atoms with E-state index in [-0.39, 0.29) is 32.0 Å². The summed E-state index contributed by atoms with van der Waals surface area (Å²) in [4.78, 5) is 35.8. The van der Waals surface area contributed by atoms with Crippen molar-refractivity contribution < 1.29 is 42.1 Å². The van der Waals surface area contributed by atoms with E-state index in [0.29, 0.717) is 17.4 Å². The van der Waals surface area contributed by atoms with Gasteiger partial charge in [0.25, 0.3) is 0 Å². The lowest BCUT2D eigenvalue weighted by molar-refractivity contribution is -0.870. The standard InChI is InChI=1S/C74H136NO8P/c1-6-8-10-12-14-16-18-20-22-24-26-27-28-29-30-31-32-33-34-35-36-37-38-39-40-41-42-43-44-45-46-47-49-50-52-54-56-58-60-62-64-66-73(76)80-70-72(71-82-84(78,79)81-69-68-75(3,4)5)83-74(77)67-65-63-61-59-57-55-53-51-48-25-23-21-19-17-15-13-11-9-7-2/h9,11,15,17-18,20-21,23-24,26,48,51,72H,6-8,10,12-14,16,19,22,25,27-47,49-50,52-71H2,1-5H3/p+1/b11-9-,17-15-,20-18-,23-21-,26-24-,51-48-. The number of esters is 2. The number of nitrogens with zero attached hydrogens (tertiary/aromatic N) is 1. The molecule has 0 aliphatic carbocycles. The third-order valence-electron chi connectivity index (χ3n) is 15.7. The summed E-state index contributed by atoms with van der Waals surface area (Å²) in [5.74, 6) is -0.803. The van der Waals surface area contributed by atoms with Crippen LogP contribution in [0.5, 0.6) is 0 Å². The number of carbonyl (C=O) groups is 2. The molecule has 0 bridgehead atoms. The number of quaternary nitrogens is 1. The summed E-state index contributed by atoms with van der Waals surface area (Å²) < 4.78 is 34.7. The predicted octanol–water partition coefficient (Wildman–Crippen LogP) is 23.2. The fourth-order valence-corrected chi connectivity index (χ4v) is 11.0. The van der Waals surface area contributed by atoms with Gasteiger partial charge in [0.15, 0.2) is 6.10 Å². The molecule has 2 atom stereocenters. The van der Waals surface area contributed by atoms with Gasteiger partial charge in [-0.25, -0.2) is 4.57 Å². The maximum atomic E-state index is 12.8. The van der Waals surface area contributed by atoms with E-state index in [4.69, 9.17) is 18.5 Å². The van der Waals surface area contributed by atoms with Crippen LogP contribution in [-0.4, -0.2) is 74.9 Å². The summed E-state index contributed by atoms with van der Waals surface area (Å²) in [7, 11) is 1.47. The molecule has 0 spiro atoms. The first-order valence-corrected chi connectivity index (χ1v) is 37.2. The van der Waals surface area contributed by atoms with Crippen LogP contribution in [0.25, 0.3) is 0 Å². The smallest absolute Gasteiger partial charge is 0.462 e. The van der Waals surface area contributed by atoms with Crippen LogP contribution in [0, 0.1) is 0 Å². The van der Waals surface area contributed by atoms with E-state index in [9.17, 15) is 19.0 Å². The number of unbranched alkanes of at least 4 members (excludes halogenated alkanes) is 40. The largest absolute Gasteiger partial charge is 0.472 e. The van der Waals surface area contributed by atoms with Gasteiger partial charge in [-0.15, -0.1) is 0 Å². The Morgan fingerprint density at radius 2 is 0.679 bits per heavy atom. The second kappa shape index (κ2) is 64.9. The average molecular weight is 1200 g/mol. The van der Waals surface area contributed by atoms with Crippen molar-refractivity contribution in [3.05, 3.63) is 72.9 Å². The Morgan fingerprint density at radius 3 is 1.01 bits per heavy atom. The lowest BCUT2D eigenvalue weighted by atomic mass is 10.0. The van der Waals surface area contributed by atoms with Crippen molar-refractivity contribution in [1.82, 2.24) is 0 Å². The Labute approximate surface area is 520 Å². The van der Waals surface area contributed by atoms with Crippen molar-refractivity contribution in [2.75, 3.05) is 47.5 Å². The third-order valence-corrected chi connectivity index (χ3v) is 16.7. The van der Waals surface area contributed by atoms with Crippen molar-refractivity contribution in [3.63, 3.8) is 0 Å². The van der Waals surface area contributed by atoms with Crippen molar-refractivity contribution in [2.24, 2.45) is 0 Å². The molecule has 2 unspecified atom stereocenters. The van der Waals surface area contributed by atoms with Crippen LogP contribution in [0.4, 0.5) is 0 Å². The number of phosphoric acid groups is 1. The van der Waals surface area contributed by atoms with Crippen molar-refractivity contribution in [2.45, 2.75) is 341 Å². The van der Waals surface area contributed by atoms with Crippen molar-refractivity contribution >= 4 is 19.8 Å². The van der Waals surface area contributed by atoms with Gasteiger partial charge < -0.3 is 18.9 Å². The molecule has 9 nitrogen and oxygen atoms in total. The number of hydrogen-bond acceptors (Lipinski definition) is 7. The summed E-state index contributed by atoms with van der Waals surface area (Å²) in [6.45, 7) is 4.33. The first-order chi connectivity index (χ1) is 41.0. The van der Waals surface area contributed by atoms with Crippen molar-refractivity contribution in [1.29, 1.82) is 0 Å². The molecule has 490 valence electrons. The summed E-state index contributed by atoms with van der Waals surface area (Å²) in [6, 6.07) is 0. The second-order valence-corrected chi connectivity index (χ2v) is 26.7. The molecule has 0 amide bonds. The molecule has 84 heavy (non-hydrogen) atoms. The second-order valence-electron chi connectivity index (χ2n) is 25.2. The highest BCUT2D eigenvalue weighted by molar-refractivity contribution is 7.47. The van der Waals surface area contributed by atoms with Gasteiger partial charge in [-0.3, -0.25) is 18.6 Å². The molecule has 0 aromatic carbocycles. The maximum Gasteiger partial charge on any atom is 0.472 e. The van der Waals surface area contributed by atoms with Gasteiger partial charge in [0.1, 0.15) is 19.8 Å². The number of rotatable bonds is 66. The number of carbonyl (C=O) groups excluding carboxylic acids is 2. The van der Waals surface area contributed by atoms with Crippen LogP contribution in [-0.2, 0) is 32.7 Å². The average Bonchev–Trinajstić information content (AvgIpc) is 3.61. The number of hydrogen-bond donors (Lipinski definition) is 1. The van der Waals surface area contributed by atoms with Crippen LogP contribution < -0.4 is 0 Å². The van der Waals surface area contributed by atoms with Crippen LogP contribution in [0.1, 0.15) is 335 Å². The number of phosphoric ester groups is 1. The fourth-order valence-electron chi connectivity index (χ4n) is 10.3. The molecule has 0 aromatic rings. The molecule has 0 rings (SSSR count). The minimum absolute atomic E-state index is 0.0276. The minimum Gasteiger partial charge on any atom is -0.462 e. The molecule has 0 saturated heterocycles. The fraction of sp³-hybridized carbons (Fsp3) is 0.811. The van der Waals surface area contributed by atoms with E-state index < -0.39 is 26.5 Å². The zero-order valence-electron chi connectivity index (χ0n) is 55.9. The number of allylic oxidation sites excluding steroid dienone is 12. The lowest BCUT2D eigenvalue weighted by Crippen LogP contribution is -2.37. The van der Waals surface area contributed by atoms with Gasteiger partial charge in [0.2, 0.25) is 0 Å². The van der Waals surface area contributed by atoms with Crippen LogP contribution in [0.3, 0.4) is 0 Å². The van der Waals surface area contributed by atoms with E-state index >= 15 is 0 Å². The summed E-state index contributed by atoms with van der Waals surface area (Å²) >= 11 is 0. The van der Waals surface area contributed by atoms with Crippen LogP contribution >= 0.6 is 7.82 Å². The van der Waals surface area contributed by atoms with E-state index in [1.165, 1.54) is 212 Å². The molecular formula is C74H137NO8P+. The molecule has 1 N–H and O–H groups in total. The van der Waals surface area contributed by atoms with Gasteiger partial charge in [-0.05, 0) is 83.5 Å². The lowest BCUT2D eigenvalue weighted by Gasteiger charge is -2.24.